The molecule has 0 radical (unpaired) electrons. The van der Waals surface area contributed by atoms with Crippen molar-refractivity contribution >= 4 is 21.7 Å². The molecule has 0 fully saturated rings. The minimum atomic E-state index is -0.377. The average molecular weight is 297 g/mol. The first-order valence-corrected chi connectivity index (χ1v) is 5.99. The monoisotopic (exact) mass is 296 g/mol. The molecule has 17 heavy (non-hydrogen) atoms. The Balaban J connectivity index is 2.43. The number of carbonyl (C=O) groups excluding carboxylic acids is 1. The highest BCUT2D eigenvalue weighted by Gasteiger charge is 2.13. The number of hydrogen-bond acceptors (Lipinski definition) is 2. The zero-order valence-corrected chi connectivity index (χ0v) is 10.8. The summed E-state index contributed by atoms with van der Waals surface area (Å²) in [5.41, 5.74) is 0.342. The Morgan fingerprint density at radius 2 is 2.12 bits per heavy atom. The van der Waals surface area contributed by atoms with Crippen molar-refractivity contribution in [2.75, 3.05) is 0 Å². The lowest BCUT2D eigenvalue weighted by atomic mass is 10.1. The van der Waals surface area contributed by atoms with E-state index in [4.69, 9.17) is 4.42 Å². The van der Waals surface area contributed by atoms with Crippen molar-refractivity contribution < 1.29 is 13.6 Å². The molecule has 2 rings (SSSR count). The molecule has 4 heteroatoms. The molecule has 88 valence electrons. The number of halogens is 2. The van der Waals surface area contributed by atoms with Crippen LogP contribution in [0.4, 0.5) is 4.39 Å². The third-order valence-electron chi connectivity index (χ3n) is 2.40. The van der Waals surface area contributed by atoms with E-state index in [0.717, 1.165) is 4.47 Å². The largest absolute Gasteiger partial charge is 0.453 e. The van der Waals surface area contributed by atoms with Gasteiger partial charge in [-0.25, -0.2) is 4.39 Å². The molecule has 0 aliphatic carbocycles. The van der Waals surface area contributed by atoms with Crippen molar-refractivity contribution in [3.63, 3.8) is 0 Å². The standard InChI is InChI=1S/C13H10BrFO2/c1-2-11(16)13-6-5-12(17-13)9-7-8(14)3-4-10(9)15/h3-7H,2H2,1H3. The van der Waals surface area contributed by atoms with Crippen LogP contribution in [0.15, 0.2) is 39.2 Å². The maximum Gasteiger partial charge on any atom is 0.197 e. The predicted octanol–water partition coefficient (Wildman–Crippen LogP) is 4.44. The van der Waals surface area contributed by atoms with Gasteiger partial charge in [0.1, 0.15) is 11.6 Å². The molecular formula is C13H10BrFO2. The van der Waals surface area contributed by atoms with Gasteiger partial charge >= 0.3 is 0 Å². The molecule has 1 heterocycles. The van der Waals surface area contributed by atoms with E-state index in [0.29, 0.717) is 17.7 Å². The van der Waals surface area contributed by atoms with E-state index in [1.807, 2.05) is 0 Å². The molecule has 1 aromatic carbocycles. The number of benzene rings is 1. The van der Waals surface area contributed by atoms with Crippen molar-refractivity contribution in [1.29, 1.82) is 0 Å². The molecule has 0 spiro atoms. The van der Waals surface area contributed by atoms with Crippen LogP contribution < -0.4 is 0 Å². The normalized spacial score (nSPS) is 10.5. The summed E-state index contributed by atoms with van der Waals surface area (Å²) in [7, 11) is 0. The topological polar surface area (TPSA) is 30.2 Å². The van der Waals surface area contributed by atoms with Gasteiger partial charge in [0.2, 0.25) is 0 Å². The third-order valence-corrected chi connectivity index (χ3v) is 2.89. The lowest BCUT2D eigenvalue weighted by Gasteiger charge is -2.00. The summed E-state index contributed by atoms with van der Waals surface area (Å²) in [6, 6.07) is 7.76. The Bertz CT molecular complexity index is 560. The van der Waals surface area contributed by atoms with Gasteiger partial charge in [0.15, 0.2) is 11.5 Å². The zero-order chi connectivity index (χ0) is 12.4. The molecule has 0 aliphatic heterocycles. The highest BCUT2D eigenvalue weighted by Crippen LogP contribution is 2.28. The average Bonchev–Trinajstić information content (AvgIpc) is 2.80. The zero-order valence-electron chi connectivity index (χ0n) is 9.17. The SMILES string of the molecule is CCC(=O)c1ccc(-c2cc(Br)ccc2F)o1. The van der Waals surface area contributed by atoms with Crippen LogP contribution >= 0.6 is 15.9 Å². The van der Waals surface area contributed by atoms with Gasteiger partial charge in [0, 0.05) is 10.9 Å². The van der Waals surface area contributed by atoms with Crippen LogP contribution in [-0.2, 0) is 0 Å². The van der Waals surface area contributed by atoms with Crippen LogP contribution in [0.2, 0.25) is 0 Å². The van der Waals surface area contributed by atoms with E-state index < -0.39 is 0 Å². The summed E-state index contributed by atoms with van der Waals surface area (Å²) in [5, 5.41) is 0. The van der Waals surface area contributed by atoms with Crippen LogP contribution in [0.1, 0.15) is 23.9 Å². The maximum absolute atomic E-state index is 13.6. The van der Waals surface area contributed by atoms with E-state index in [-0.39, 0.29) is 17.4 Å². The van der Waals surface area contributed by atoms with Crippen molar-refractivity contribution in [3.05, 3.63) is 46.4 Å². The second-order valence-electron chi connectivity index (χ2n) is 3.56. The minimum absolute atomic E-state index is 0.0911. The lowest BCUT2D eigenvalue weighted by molar-refractivity contribution is 0.0962. The molecule has 2 aromatic rings. The first-order valence-electron chi connectivity index (χ1n) is 5.20. The molecule has 0 saturated heterocycles. The van der Waals surface area contributed by atoms with Crippen LogP contribution in [0.25, 0.3) is 11.3 Å². The Morgan fingerprint density at radius 3 is 2.82 bits per heavy atom. The smallest absolute Gasteiger partial charge is 0.197 e. The highest BCUT2D eigenvalue weighted by molar-refractivity contribution is 9.10. The van der Waals surface area contributed by atoms with E-state index in [2.05, 4.69) is 15.9 Å². The van der Waals surface area contributed by atoms with Gasteiger partial charge in [-0.05, 0) is 30.3 Å². The number of Topliss-reactive ketones (excluding diaryl/α,β-unsaturated/α-hetero) is 1. The Hall–Kier alpha value is -1.42. The molecule has 2 nitrogen and oxygen atoms in total. The Labute approximate surface area is 107 Å². The van der Waals surface area contributed by atoms with E-state index in [9.17, 15) is 9.18 Å². The Kier molecular flexibility index (Phi) is 3.43. The first kappa shape index (κ1) is 12.0. The fourth-order valence-corrected chi connectivity index (χ4v) is 1.85. The number of carbonyl (C=O) groups is 1. The van der Waals surface area contributed by atoms with E-state index in [1.54, 1.807) is 31.2 Å². The van der Waals surface area contributed by atoms with Gasteiger partial charge in [-0.15, -0.1) is 0 Å². The molecule has 0 saturated carbocycles. The third kappa shape index (κ3) is 2.47. The molecule has 0 atom stereocenters. The summed E-state index contributed by atoms with van der Waals surface area (Å²) in [4.78, 5) is 11.4. The Morgan fingerprint density at radius 1 is 1.35 bits per heavy atom. The fraction of sp³-hybridized carbons (Fsp3) is 0.154. The minimum Gasteiger partial charge on any atom is -0.453 e. The summed E-state index contributed by atoms with van der Waals surface area (Å²) in [6.45, 7) is 1.75. The highest BCUT2D eigenvalue weighted by atomic mass is 79.9. The summed E-state index contributed by atoms with van der Waals surface area (Å²) < 4.78 is 19.7. The van der Waals surface area contributed by atoms with Gasteiger partial charge in [-0.3, -0.25) is 4.79 Å². The van der Waals surface area contributed by atoms with Crippen molar-refractivity contribution in [2.24, 2.45) is 0 Å². The molecule has 1 aromatic heterocycles. The van der Waals surface area contributed by atoms with Crippen molar-refractivity contribution in [1.82, 2.24) is 0 Å². The first-order chi connectivity index (χ1) is 8.11. The van der Waals surface area contributed by atoms with Crippen LogP contribution in [0, 0.1) is 5.82 Å². The summed E-state index contributed by atoms with van der Waals surface area (Å²) in [6.07, 6.45) is 0.369. The number of furan rings is 1. The van der Waals surface area contributed by atoms with Gasteiger partial charge in [0.05, 0.1) is 5.56 Å². The lowest BCUT2D eigenvalue weighted by Crippen LogP contribution is -1.92. The number of rotatable bonds is 3. The van der Waals surface area contributed by atoms with Gasteiger partial charge in [-0.2, -0.15) is 0 Å². The molecular weight excluding hydrogens is 287 g/mol. The molecule has 0 N–H and O–H groups in total. The summed E-state index contributed by atoms with van der Waals surface area (Å²) >= 11 is 3.27. The van der Waals surface area contributed by atoms with E-state index in [1.165, 1.54) is 6.07 Å². The quantitative estimate of drug-likeness (QED) is 0.784. The predicted molar refractivity (Wildman–Crippen MR) is 66.4 cm³/mol. The maximum atomic E-state index is 13.6. The molecule has 0 aliphatic rings. The van der Waals surface area contributed by atoms with Crippen molar-refractivity contribution in [3.8, 4) is 11.3 Å². The molecule has 0 unspecified atom stereocenters. The van der Waals surface area contributed by atoms with E-state index >= 15 is 0 Å². The second-order valence-corrected chi connectivity index (χ2v) is 4.48. The van der Waals surface area contributed by atoms with Gasteiger partial charge in [0.25, 0.3) is 0 Å². The molecule has 0 amide bonds. The van der Waals surface area contributed by atoms with Crippen LogP contribution in [-0.4, -0.2) is 5.78 Å². The fourth-order valence-electron chi connectivity index (χ4n) is 1.49. The number of hydrogen-bond donors (Lipinski definition) is 0. The summed E-state index contributed by atoms with van der Waals surface area (Å²) in [5.74, 6) is 0.159. The molecule has 0 bridgehead atoms. The number of ketones is 1. The van der Waals surface area contributed by atoms with Crippen LogP contribution in [0.3, 0.4) is 0 Å². The van der Waals surface area contributed by atoms with Crippen molar-refractivity contribution in [2.45, 2.75) is 13.3 Å². The second kappa shape index (κ2) is 4.84. The van der Waals surface area contributed by atoms with Gasteiger partial charge in [-0.1, -0.05) is 22.9 Å². The van der Waals surface area contributed by atoms with Crippen LogP contribution in [0.5, 0.6) is 0 Å². The van der Waals surface area contributed by atoms with Gasteiger partial charge < -0.3 is 4.42 Å².